The van der Waals surface area contributed by atoms with Gasteiger partial charge in [-0.1, -0.05) is 135 Å². The fraction of sp³-hybridized carbons (Fsp3) is 0.0732. The van der Waals surface area contributed by atoms with Crippen molar-refractivity contribution < 1.29 is 4.42 Å². The van der Waals surface area contributed by atoms with E-state index in [1.807, 2.05) is 12.1 Å². The first-order valence-electron chi connectivity index (χ1n) is 15.4. The topological polar surface area (TPSA) is 43.9 Å². The van der Waals surface area contributed by atoms with Crippen molar-refractivity contribution in [3.63, 3.8) is 0 Å². The first kappa shape index (κ1) is 24.7. The van der Waals surface area contributed by atoms with Crippen LogP contribution in [0.5, 0.6) is 0 Å². The van der Waals surface area contributed by atoms with Gasteiger partial charge in [0.2, 0.25) is 5.95 Å². The lowest BCUT2D eigenvalue weighted by Crippen LogP contribution is -2.14. The number of fused-ring (bicyclic) bond motifs is 12. The summed E-state index contributed by atoms with van der Waals surface area (Å²) in [5.41, 5.74) is 9.36. The van der Waals surface area contributed by atoms with Gasteiger partial charge in [-0.2, -0.15) is 0 Å². The third-order valence-corrected chi connectivity index (χ3v) is 9.78. The summed E-state index contributed by atoms with van der Waals surface area (Å²) >= 11 is 0. The molecule has 0 spiro atoms. The van der Waals surface area contributed by atoms with E-state index in [-0.39, 0.29) is 5.41 Å². The Kier molecular flexibility index (Phi) is 4.76. The zero-order valence-electron chi connectivity index (χ0n) is 24.9. The maximum Gasteiger partial charge on any atom is 0.235 e. The van der Waals surface area contributed by atoms with Crippen molar-refractivity contribution in [3.8, 4) is 28.5 Å². The summed E-state index contributed by atoms with van der Waals surface area (Å²) < 4.78 is 9.27. The van der Waals surface area contributed by atoms with Crippen LogP contribution in [-0.2, 0) is 5.41 Å². The molecule has 212 valence electrons. The van der Waals surface area contributed by atoms with Gasteiger partial charge in [-0.05, 0) is 17.0 Å². The lowest BCUT2D eigenvalue weighted by Gasteiger charge is -2.20. The third kappa shape index (κ3) is 3.21. The quantitative estimate of drug-likeness (QED) is 0.205. The molecule has 4 nitrogen and oxygen atoms in total. The van der Waals surface area contributed by atoms with Crippen molar-refractivity contribution in [2.75, 3.05) is 0 Å². The number of furan rings is 1. The fourth-order valence-electron chi connectivity index (χ4n) is 7.76. The second-order valence-corrected chi connectivity index (χ2v) is 12.6. The van der Waals surface area contributed by atoms with Crippen molar-refractivity contribution in [2.45, 2.75) is 19.3 Å². The van der Waals surface area contributed by atoms with E-state index in [9.17, 15) is 0 Å². The van der Waals surface area contributed by atoms with E-state index in [0.29, 0.717) is 5.95 Å². The standard InChI is InChI=1S/C41H27N3O/c1-41(2)32-18-10-8-16-29(32)38-34(41)31-23-22-28-27-21-20-24-12-6-7-15-26(24)36(27)44(37(28)39(31)45-38)40-42-33-19-11-9-17-30(33)35(43-40)25-13-4-3-5-14-25/h3-23H,1-2H3. The van der Waals surface area contributed by atoms with Gasteiger partial charge >= 0.3 is 0 Å². The van der Waals surface area contributed by atoms with Crippen LogP contribution < -0.4 is 0 Å². The summed E-state index contributed by atoms with van der Waals surface area (Å²) in [6, 6.07) is 44.9. The van der Waals surface area contributed by atoms with E-state index < -0.39 is 0 Å². The summed E-state index contributed by atoms with van der Waals surface area (Å²) in [5.74, 6) is 1.59. The Morgan fingerprint density at radius 2 is 1.27 bits per heavy atom. The van der Waals surface area contributed by atoms with E-state index in [1.54, 1.807) is 0 Å². The Morgan fingerprint density at radius 1 is 0.578 bits per heavy atom. The van der Waals surface area contributed by atoms with Gasteiger partial charge in [0, 0.05) is 49.0 Å². The lowest BCUT2D eigenvalue weighted by atomic mass is 9.81. The molecule has 0 bridgehead atoms. The average molecular weight is 578 g/mol. The van der Waals surface area contributed by atoms with Gasteiger partial charge in [-0.15, -0.1) is 0 Å². The highest BCUT2D eigenvalue weighted by Crippen LogP contribution is 2.54. The summed E-state index contributed by atoms with van der Waals surface area (Å²) in [7, 11) is 0. The van der Waals surface area contributed by atoms with Gasteiger partial charge in [0.15, 0.2) is 5.58 Å². The third-order valence-electron chi connectivity index (χ3n) is 9.78. The van der Waals surface area contributed by atoms with Crippen LogP contribution in [0.3, 0.4) is 0 Å². The van der Waals surface area contributed by atoms with E-state index in [1.165, 1.54) is 22.1 Å². The SMILES string of the molecule is CC1(C)c2ccccc2-c2oc3c(ccc4c5ccc6ccccc6c5n(-c5nc(-c6ccccc6)c6ccccc6n5)c43)c21. The Bertz CT molecular complexity index is 2680. The van der Waals surface area contributed by atoms with Crippen molar-refractivity contribution in [3.05, 3.63) is 139 Å². The number of hydrogen-bond donors (Lipinski definition) is 0. The molecule has 10 rings (SSSR count). The molecule has 0 aliphatic heterocycles. The zero-order valence-corrected chi connectivity index (χ0v) is 24.9. The minimum Gasteiger partial charge on any atom is -0.453 e. The molecule has 0 saturated heterocycles. The molecule has 1 aliphatic rings. The average Bonchev–Trinajstić information content (AvgIpc) is 3.71. The highest BCUT2D eigenvalue weighted by Gasteiger charge is 2.40. The number of benzene rings is 6. The van der Waals surface area contributed by atoms with Gasteiger partial charge in [0.25, 0.3) is 0 Å². The molecular weight excluding hydrogens is 550 g/mol. The van der Waals surface area contributed by atoms with Gasteiger partial charge in [0.05, 0.1) is 16.7 Å². The summed E-state index contributed by atoms with van der Waals surface area (Å²) in [4.78, 5) is 10.6. The lowest BCUT2D eigenvalue weighted by molar-refractivity contribution is 0.620. The van der Waals surface area contributed by atoms with Crippen LogP contribution in [0.1, 0.15) is 25.0 Å². The van der Waals surface area contributed by atoms with Crippen molar-refractivity contribution in [1.82, 2.24) is 14.5 Å². The molecule has 0 fully saturated rings. The minimum absolute atomic E-state index is 0.186. The first-order chi connectivity index (χ1) is 22.1. The molecule has 0 atom stereocenters. The monoisotopic (exact) mass is 577 g/mol. The molecule has 0 unspecified atom stereocenters. The highest BCUT2D eigenvalue weighted by atomic mass is 16.3. The molecule has 6 aromatic carbocycles. The van der Waals surface area contributed by atoms with E-state index >= 15 is 0 Å². The second kappa shape index (κ2) is 8.67. The minimum atomic E-state index is -0.186. The van der Waals surface area contributed by atoms with Crippen LogP contribution in [0.4, 0.5) is 0 Å². The van der Waals surface area contributed by atoms with E-state index in [0.717, 1.165) is 66.1 Å². The summed E-state index contributed by atoms with van der Waals surface area (Å²) in [5, 5.41) is 6.77. The molecule has 1 aliphatic carbocycles. The number of hydrogen-bond acceptors (Lipinski definition) is 3. The van der Waals surface area contributed by atoms with E-state index in [4.69, 9.17) is 14.4 Å². The number of rotatable bonds is 2. The van der Waals surface area contributed by atoms with Crippen LogP contribution in [0.15, 0.2) is 132 Å². The Labute approximate surface area is 259 Å². The molecule has 0 saturated carbocycles. The molecule has 3 aromatic heterocycles. The molecule has 0 N–H and O–H groups in total. The van der Waals surface area contributed by atoms with Crippen LogP contribution in [0, 0.1) is 0 Å². The molecule has 9 aromatic rings. The number of nitrogens with zero attached hydrogens (tertiary/aromatic N) is 3. The summed E-state index contributed by atoms with van der Waals surface area (Å²) in [6.07, 6.45) is 0. The number of aromatic nitrogens is 3. The maximum absolute atomic E-state index is 7.02. The molecule has 0 amide bonds. The van der Waals surface area contributed by atoms with Crippen LogP contribution in [0.2, 0.25) is 0 Å². The van der Waals surface area contributed by atoms with Gasteiger partial charge in [-0.25, -0.2) is 9.97 Å². The Hall–Kier alpha value is -5.74. The second-order valence-electron chi connectivity index (χ2n) is 12.6. The van der Waals surface area contributed by atoms with Crippen molar-refractivity contribution in [2.24, 2.45) is 0 Å². The summed E-state index contributed by atoms with van der Waals surface area (Å²) in [6.45, 7) is 4.61. The van der Waals surface area contributed by atoms with Gasteiger partial charge < -0.3 is 4.42 Å². The largest absolute Gasteiger partial charge is 0.453 e. The molecule has 0 radical (unpaired) electrons. The molecule has 45 heavy (non-hydrogen) atoms. The highest BCUT2D eigenvalue weighted by molar-refractivity contribution is 6.23. The first-order valence-corrected chi connectivity index (χ1v) is 15.4. The molecule has 3 heterocycles. The smallest absolute Gasteiger partial charge is 0.235 e. The normalized spacial score (nSPS) is 13.7. The van der Waals surface area contributed by atoms with Gasteiger partial charge in [0.1, 0.15) is 11.3 Å². The molecule has 4 heteroatoms. The van der Waals surface area contributed by atoms with Crippen molar-refractivity contribution in [1.29, 1.82) is 0 Å². The van der Waals surface area contributed by atoms with Crippen LogP contribution >= 0.6 is 0 Å². The fourth-order valence-corrected chi connectivity index (χ4v) is 7.76. The van der Waals surface area contributed by atoms with Crippen molar-refractivity contribution >= 4 is 54.5 Å². The predicted molar refractivity (Wildman–Crippen MR) is 184 cm³/mol. The zero-order chi connectivity index (χ0) is 29.9. The predicted octanol–water partition coefficient (Wildman–Crippen LogP) is 10.6. The number of para-hydroxylation sites is 1. The van der Waals surface area contributed by atoms with Gasteiger partial charge in [-0.3, -0.25) is 4.57 Å². The molecular formula is C41H27N3O. The Balaban J connectivity index is 1.41. The van der Waals surface area contributed by atoms with Crippen LogP contribution in [0.25, 0.3) is 83.0 Å². The van der Waals surface area contributed by atoms with Crippen LogP contribution in [-0.4, -0.2) is 14.5 Å². The Morgan fingerprint density at radius 3 is 2.16 bits per heavy atom. The van der Waals surface area contributed by atoms with E-state index in [2.05, 4.69) is 134 Å². The maximum atomic E-state index is 7.02.